The average molecular weight is 314 g/mol. The predicted molar refractivity (Wildman–Crippen MR) is 72.5 cm³/mol. The van der Waals surface area contributed by atoms with E-state index in [2.05, 4.69) is 30.9 Å². The van der Waals surface area contributed by atoms with E-state index in [1.54, 1.807) is 0 Å². The zero-order valence-corrected chi connectivity index (χ0v) is 12.1. The summed E-state index contributed by atoms with van der Waals surface area (Å²) in [5.74, 6) is 0.719. The van der Waals surface area contributed by atoms with E-state index < -0.39 is 0 Å². The molecule has 0 aliphatic rings. The van der Waals surface area contributed by atoms with Crippen LogP contribution in [0.5, 0.6) is 0 Å². The van der Waals surface area contributed by atoms with Gasteiger partial charge in [0, 0.05) is 5.38 Å². The molecule has 2 heterocycles. The molecule has 17 heavy (non-hydrogen) atoms. The van der Waals surface area contributed by atoms with Gasteiger partial charge in [-0.05, 0) is 28.8 Å². The highest BCUT2D eigenvalue weighted by atomic mass is 79.9. The Hall–Kier alpha value is -1.01. The van der Waals surface area contributed by atoms with Gasteiger partial charge >= 0.3 is 0 Å². The molecule has 0 spiro atoms. The normalized spacial score (nSPS) is 11.1. The molecule has 2 aromatic rings. The fourth-order valence-electron chi connectivity index (χ4n) is 1.45. The Morgan fingerprint density at radius 1 is 1.41 bits per heavy atom. The minimum absolute atomic E-state index is 0.163. The summed E-state index contributed by atoms with van der Waals surface area (Å²) in [6.07, 6.45) is 0. The Morgan fingerprint density at radius 2 is 2.12 bits per heavy atom. The van der Waals surface area contributed by atoms with Gasteiger partial charge in [-0.2, -0.15) is 0 Å². The molecule has 2 rings (SSSR count). The van der Waals surface area contributed by atoms with Crippen LogP contribution in [0.1, 0.15) is 30.5 Å². The first kappa shape index (κ1) is 12.4. The SMILES string of the molecule is Cc1nc(-c2nc(C(C)C)c(Br)c(=O)[nH]2)cs1. The first-order valence-corrected chi connectivity index (χ1v) is 6.88. The van der Waals surface area contributed by atoms with Crippen molar-refractivity contribution in [2.45, 2.75) is 26.7 Å². The number of hydrogen-bond donors (Lipinski definition) is 1. The van der Waals surface area contributed by atoms with Crippen LogP contribution in [0.25, 0.3) is 11.5 Å². The maximum atomic E-state index is 11.8. The lowest BCUT2D eigenvalue weighted by Crippen LogP contribution is -2.14. The molecule has 90 valence electrons. The van der Waals surface area contributed by atoms with Gasteiger partial charge in [0.1, 0.15) is 10.2 Å². The molecule has 2 aromatic heterocycles. The van der Waals surface area contributed by atoms with Crippen molar-refractivity contribution in [3.63, 3.8) is 0 Å². The van der Waals surface area contributed by atoms with Crippen LogP contribution in [0, 0.1) is 6.92 Å². The number of aromatic nitrogens is 3. The molecule has 0 aliphatic carbocycles. The van der Waals surface area contributed by atoms with Crippen molar-refractivity contribution in [1.29, 1.82) is 0 Å². The molecule has 0 unspecified atom stereocenters. The molecular weight excluding hydrogens is 302 g/mol. The highest BCUT2D eigenvalue weighted by Gasteiger charge is 2.14. The molecule has 4 nitrogen and oxygen atoms in total. The number of nitrogens with zero attached hydrogens (tertiary/aromatic N) is 2. The molecule has 0 aliphatic heterocycles. The highest BCUT2D eigenvalue weighted by molar-refractivity contribution is 9.10. The summed E-state index contributed by atoms with van der Waals surface area (Å²) in [5, 5.41) is 2.85. The molecule has 0 radical (unpaired) electrons. The lowest BCUT2D eigenvalue weighted by atomic mass is 10.1. The molecule has 0 aromatic carbocycles. The monoisotopic (exact) mass is 313 g/mol. The second-order valence-electron chi connectivity index (χ2n) is 4.02. The third-order valence-electron chi connectivity index (χ3n) is 2.30. The second-order valence-corrected chi connectivity index (χ2v) is 5.88. The second kappa shape index (κ2) is 4.70. The molecule has 0 bridgehead atoms. The summed E-state index contributed by atoms with van der Waals surface area (Å²) in [7, 11) is 0. The largest absolute Gasteiger partial charge is 0.304 e. The smallest absolute Gasteiger partial charge is 0.265 e. The summed E-state index contributed by atoms with van der Waals surface area (Å²) < 4.78 is 0.503. The van der Waals surface area contributed by atoms with Gasteiger partial charge in [0.25, 0.3) is 5.56 Å². The number of H-pyrrole nitrogens is 1. The van der Waals surface area contributed by atoms with Gasteiger partial charge in [0.2, 0.25) is 0 Å². The lowest BCUT2D eigenvalue weighted by molar-refractivity contribution is 0.802. The fourth-order valence-corrected chi connectivity index (χ4v) is 2.70. The van der Waals surface area contributed by atoms with Gasteiger partial charge in [-0.15, -0.1) is 11.3 Å². The predicted octanol–water partition coefficient (Wildman–Crippen LogP) is 3.09. The molecule has 1 N–H and O–H groups in total. The molecule has 6 heteroatoms. The van der Waals surface area contributed by atoms with E-state index in [1.807, 2.05) is 26.2 Å². The van der Waals surface area contributed by atoms with Crippen LogP contribution >= 0.6 is 27.3 Å². The van der Waals surface area contributed by atoms with E-state index in [4.69, 9.17) is 0 Å². The number of nitrogens with one attached hydrogen (secondary N) is 1. The molecule has 0 saturated carbocycles. The van der Waals surface area contributed by atoms with Gasteiger partial charge < -0.3 is 4.98 Å². The topological polar surface area (TPSA) is 58.6 Å². The van der Waals surface area contributed by atoms with Crippen molar-refractivity contribution in [2.24, 2.45) is 0 Å². The van der Waals surface area contributed by atoms with Crippen molar-refractivity contribution in [3.05, 3.63) is 30.9 Å². The maximum Gasteiger partial charge on any atom is 0.265 e. The Balaban J connectivity index is 2.61. The van der Waals surface area contributed by atoms with Gasteiger partial charge in [-0.3, -0.25) is 4.79 Å². The van der Waals surface area contributed by atoms with E-state index in [0.717, 1.165) is 16.4 Å². The Kier molecular flexibility index (Phi) is 3.44. The van der Waals surface area contributed by atoms with E-state index in [1.165, 1.54) is 11.3 Å². The van der Waals surface area contributed by atoms with Crippen LogP contribution in [0.15, 0.2) is 14.6 Å². The minimum atomic E-state index is -0.163. The van der Waals surface area contributed by atoms with E-state index >= 15 is 0 Å². The van der Waals surface area contributed by atoms with Gasteiger partial charge in [-0.1, -0.05) is 13.8 Å². The van der Waals surface area contributed by atoms with E-state index in [9.17, 15) is 4.79 Å². The molecule has 0 amide bonds. The summed E-state index contributed by atoms with van der Waals surface area (Å²) in [6.45, 7) is 5.93. The first-order valence-electron chi connectivity index (χ1n) is 5.21. The van der Waals surface area contributed by atoms with Gasteiger partial charge in [0.15, 0.2) is 5.82 Å². The fraction of sp³-hybridized carbons (Fsp3) is 0.364. The molecule has 0 saturated heterocycles. The van der Waals surface area contributed by atoms with Crippen molar-refractivity contribution in [2.75, 3.05) is 0 Å². The first-order chi connectivity index (χ1) is 7.99. The number of aryl methyl sites for hydroxylation is 1. The Labute approximate surface area is 111 Å². The quantitative estimate of drug-likeness (QED) is 0.926. The van der Waals surface area contributed by atoms with Crippen LogP contribution in [0.4, 0.5) is 0 Å². The van der Waals surface area contributed by atoms with Crippen molar-refractivity contribution >= 4 is 27.3 Å². The Morgan fingerprint density at radius 3 is 2.65 bits per heavy atom. The van der Waals surface area contributed by atoms with Gasteiger partial charge in [0.05, 0.1) is 10.7 Å². The number of thiazole rings is 1. The summed E-state index contributed by atoms with van der Waals surface area (Å²) >= 11 is 4.81. The zero-order valence-electron chi connectivity index (χ0n) is 9.74. The number of aromatic amines is 1. The highest BCUT2D eigenvalue weighted by Crippen LogP contribution is 2.23. The minimum Gasteiger partial charge on any atom is -0.304 e. The molecule has 0 fully saturated rings. The van der Waals surface area contributed by atoms with Crippen LogP contribution in [-0.4, -0.2) is 15.0 Å². The van der Waals surface area contributed by atoms with Crippen LogP contribution < -0.4 is 5.56 Å². The van der Waals surface area contributed by atoms with Crippen molar-refractivity contribution < 1.29 is 0 Å². The number of rotatable bonds is 2. The average Bonchev–Trinajstić information content (AvgIpc) is 2.68. The lowest BCUT2D eigenvalue weighted by Gasteiger charge is -2.07. The van der Waals surface area contributed by atoms with E-state index in [0.29, 0.717) is 10.3 Å². The van der Waals surface area contributed by atoms with Crippen molar-refractivity contribution in [1.82, 2.24) is 15.0 Å². The number of hydrogen-bond acceptors (Lipinski definition) is 4. The third kappa shape index (κ3) is 2.47. The van der Waals surface area contributed by atoms with Gasteiger partial charge in [-0.25, -0.2) is 9.97 Å². The molecular formula is C11H12BrN3OS. The Bertz CT molecular complexity index is 603. The van der Waals surface area contributed by atoms with E-state index in [-0.39, 0.29) is 11.5 Å². The molecule has 0 atom stereocenters. The van der Waals surface area contributed by atoms with Crippen molar-refractivity contribution in [3.8, 4) is 11.5 Å². The number of halogens is 1. The standard InChI is InChI=1S/C11H12BrN3OS/c1-5(2)9-8(12)11(16)15-10(14-9)7-4-17-6(3)13-7/h4-5H,1-3H3,(H,14,15,16). The summed E-state index contributed by atoms with van der Waals surface area (Å²) in [6, 6.07) is 0. The maximum absolute atomic E-state index is 11.8. The van der Waals surface area contributed by atoms with Crippen LogP contribution in [-0.2, 0) is 0 Å². The summed E-state index contributed by atoms with van der Waals surface area (Å²) in [4.78, 5) is 23.3. The third-order valence-corrected chi connectivity index (χ3v) is 3.84. The zero-order chi connectivity index (χ0) is 12.6. The van der Waals surface area contributed by atoms with Crippen LogP contribution in [0.3, 0.4) is 0 Å². The summed E-state index contributed by atoms with van der Waals surface area (Å²) in [5.41, 5.74) is 1.32. The van der Waals surface area contributed by atoms with Crippen LogP contribution in [0.2, 0.25) is 0 Å².